The molecule has 0 atom stereocenters. The number of imidazole rings is 1. The Kier molecular flexibility index (Phi) is 10.3. The Bertz CT molecular complexity index is 693. The third-order valence-electron chi connectivity index (χ3n) is 1.91. The minimum absolute atomic E-state index is 0. The van der Waals surface area contributed by atoms with E-state index in [1.165, 1.54) is 10.9 Å². The van der Waals surface area contributed by atoms with Crippen LogP contribution in [0.5, 0.6) is 0 Å². The van der Waals surface area contributed by atoms with Gasteiger partial charge in [-0.1, -0.05) is 0 Å². The Morgan fingerprint density at radius 1 is 1.41 bits per heavy atom. The molecule has 5 N–H and O–H groups in total. The van der Waals surface area contributed by atoms with Gasteiger partial charge in [0.2, 0.25) is 5.28 Å². The van der Waals surface area contributed by atoms with Crippen molar-refractivity contribution in [1.29, 1.82) is 0 Å². The van der Waals surface area contributed by atoms with Crippen molar-refractivity contribution >= 4 is 79.5 Å². The number of phosphoric acid groups is 1. The van der Waals surface area contributed by atoms with Crippen molar-refractivity contribution in [2.45, 2.75) is 6.73 Å². The third kappa shape index (κ3) is 8.19. The van der Waals surface area contributed by atoms with Crippen molar-refractivity contribution in [3.63, 3.8) is 0 Å². The molecular formula is C8H14BaClN4O7P. The van der Waals surface area contributed by atoms with Crippen LogP contribution in [0.4, 0.5) is 0 Å². The zero-order chi connectivity index (χ0) is 16.0. The summed E-state index contributed by atoms with van der Waals surface area (Å²) in [4.78, 5) is 43.1. The summed E-state index contributed by atoms with van der Waals surface area (Å²) in [5.74, 6) is 0. The Morgan fingerprint density at radius 2 is 2.00 bits per heavy atom. The van der Waals surface area contributed by atoms with Crippen molar-refractivity contribution in [1.82, 2.24) is 19.5 Å². The fourth-order valence-corrected chi connectivity index (χ4v) is 1.41. The van der Waals surface area contributed by atoms with Crippen LogP contribution in [0.2, 0.25) is 5.28 Å². The zero-order valence-corrected chi connectivity index (χ0v) is 12.0. The van der Waals surface area contributed by atoms with E-state index in [9.17, 15) is 4.79 Å². The molecule has 0 aliphatic heterocycles. The summed E-state index contributed by atoms with van der Waals surface area (Å²) in [6, 6.07) is 0. The molecule has 11 nitrogen and oxygen atoms in total. The molecule has 0 saturated heterocycles. The molecule has 2 aromatic rings. The number of aromatic amines is 1. The molecule has 0 bridgehead atoms. The van der Waals surface area contributed by atoms with Gasteiger partial charge in [-0.15, -0.1) is 0 Å². The van der Waals surface area contributed by atoms with Crippen LogP contribution in [0.1, 0.15) is 0 Å². The Balaban J connectivity index is 0.000000644. The van der Waals surface area contributed by atoms with Gasteiger partial charge >= 0.3 is 56.7 Å². The number of H-pyrrole nitrogens is 1. The maximum atomic E-state index is 11.4. The van der Waals surface area contributed by atoms with Crippen LogP contribution in [0.3, 0.4) is 0 Å². The van der Waals surface area contributed by atoms with E-state index in [1.54, 1.807) is 0 Å². The van der Waals surface area contributed by atoms with Crippen molar-refractivity contribution in [2.75, 3.05) is 13.2 Å². The van der Waals surface area contributed by atoms with E-state index in [0.717, 1.165) is 0 Å². The van der Waals surface area contributed by atoms with Crippen molar-refractivity contribution in [3.05, 3.63) is 22.0 Å². The number of fused-ring (bicyclic) bond motifs is 1. The van der Waals surface area contributed by atoms with E-state index < -0.39 is 13.4 Å². The number of nitrogens with zero attached hydrogens (tertiary/aromatic N) is 3. The summed E-state index contributed by atoms with van der Waals surface area (Å²) >= 11 is 5.63. The van der Waals surface area contributed by atoms with E-state index >= 15 is 0 Å². The van der Waals surface area contributed by atoms with Crippen LogP contribution in [-0.4, -0.2) is 101 Å². The predicted molar refractivity (Wildman–Crippen MR) is 79.0 cm³/mol. The molecule has 0 aliphatic carbocycles. The number of aliphatic hydroxyl groups excluding tert-OH is 1. The number of aromatic nitrogens is 4. The molecule has 0 radical (unpaired) electrons. The summed E-state index contributed by atoms with van der Waals surface area (Å²) in [7, 11) is -4.64. The molecule has 22 heavy (non-hydrogen) atoms. The zero-order valence-electron chi connectivity index (χ0n) is 10.4. The van der Waals surface area contributed by atoms with Gasteiger partial charge in [0.15, 0.2) is 11.2 Å². The number of hydrogen-bond donors (Lipinski definition) is 5. The van der Waals surface area contributed by atoms with Crippen LogP contribution < -0.4 is 5.56 Å². The van der Waals surface area contributed by atoms with Crippen LogP contribution in [0.25, 0.3) is 11.2 Å². The molecule has 0 aliphatic rings. The van der Waals surface area contributed by atoms with Gasteiger partial charge in [-0.05, 0) is 11.6 Å². The van der Waals surface area contributed by atoms with Crippen molar-refractivity contribution in [2.24, 2.45) is 0 Å². The second kappa shape index (κ2) is 10.2. The van der Waals surface area contributed by atoms with E-state index in [0.29, 0.717) is 5.65 Å². The molecule has 0 aromatic carbocycles. The molecular weight excluding hydrogens is 468 g/mol. The fourth-order valence-electron chi connectivity index (χ4n) is 1.25. The second-order valence-corrected chi connectivity index (χ2v) is 4.90. The van der Waals surface area contributed by atoms with Gasteiger partial charge in [0.05, 0.1) is 19.5 Å². The molecule has 2 rings (SSSR count). The number of nitrogens with one attached hydrogen (secondary N) is 1. The van der Waals surface area contributed by atoms with Gasteiger partial charge in [0, 0.05) is 0 Å². The summed E-state index contributed by atoms with van der Waals surface area (Å²) in [6.45, 7) is 0.293. The maximum absolute atomic E-state index is 11.4. The Morgan fingerprint density at radius 3 is 2.55 bits per heavy atom. The first kappa shape index (κ1) is 22.2. The van der Waals surface area contributed by atoms with Crippen LogP contribution in [0.15, 0.2) is 11.1 Å². The number of ether oxygens (including phenoxy) is 1. The minimum atomic E-state index is -4.64. The number of hydrogen-bond acceptors (Lipinski definition) is 6. The van der Waals surface area contributed by atoms with Gasteiger partial charge < -0.3 is 24.5 Å². The van der Waals surface area contributed by atoms with Crippen LogP contribution >= 0.6 is 19.4 Å². The molecule has 0 unspecified atom stereocenters. The first-order valence-electron chi connectivity index (χ1n) is 5.30. The first-order valence-corrected chi connectivity index (χ1v) is 7.24. The van der Waals surface area contributed by atoms with Gasteiger partial charge in [0.25, 0.3) is 5.56 Å². The molecule has 2 heterocycles. The molecule has 2 aromatic heterocycles. The van der Waals surface area contributed by atoms with Crippen LogP contribution in [-0.2, 0) is 16.0 Å². The Labute approximate surface area is 168 Å². The second-order valence-electron chi connectivity index (χ2n) is 3.52. The fraction of sp³-hybridized carbons (Fsp3) is 0.375. The van der Waals surface area contributed by atoms with E-state index in [2.05, 4.69) is 15.0 Å². The third-order valence-corrected chi connectivity index (χ3v) is 2.09. The average molecular weight is 482 g/mol. The van der Waals surface area contributed by atoms with Gasteiger partial charge in [-0.25, -0.2) is 9.55 Å². The molecule has 122 valence electrons. The standard InChI is InChI=1S/C8H9ClN4O3.Ba.H3O4P.2H/c9-8-11-6-5(7(15)12-8)10-3-13(6)4-16-2-1-14;;1-5(2,3)4;;/h3,14H,1-2,4H2,(H,11,12,15);;(H3,1,2,3,4);;. The summed E-state index contributed by atoms with van der Waals surface area (Å²) in [5, 5.41) is 8.56. The van der Waals surface area contributed by atoms with Gasteiger partial charge in [-0.3, -0.25) is 14.3 Å². The summed E-state index contributed by atoms with van der Waals surface area (Å²) in [5.41, 5.74) is 0.166. The molecule has 0 amide bonds. The first-order chi connectivity index (χ1) is 9.72. The average Bonchev–Trinajstić information content (AvgIpc) is 2.71. The predicted octanol–water partition coefficient (Wildman–Crippen LogP) is -2.11. The van der Waals surface area contributed by atoms with Crippen molar-refractivity contribution < 1.29 is 29.1 Å². The SMILES string of the molecule is O=P(O)(O)O.O=c1[nH]c(Cl)nc2c1ncn2COCCO.[BaH2]. The van der Waals surface area contributed by atoms with Crippen molar-refractivity contribution in [3.8, 4) is 0 Å². The van der Waals surface area contributed by atoms with E-state index in [4.69, 9.17) is 40.7 Å². The molecule has 14 heteroatoms. The van der Waals surface area contributed by atoms with Gasteiger partial charge in [-0.2, -0.15) is 4.98 Å². The topological polar surface area (TPSA) is 171 Å². The normalized spacial score (nSPS) is 10.8. The van der Waals surface area contributed by atoms with E-state index in [1.807, 2.05) is 0 Å². The van der Waals surface area contributed by atoms with Crippen LogP contribution in [0, 0.1) is 0 Å². The monoisotopic (exact) mass is 482 g/mol. The number of rotatable bonds is 4. The molecule has 0 saturated carbocycles. The Hall–Kier alpha value is 0.241. The quantitative estimate of drug-likeness (QED) is 0.142. The molecule has 0 fully saturated rings. The molecule has 0 spiro atoms. The van der Waals surface area contributed by atoms with Gasteiger partial charge in [0.1, 0.15) is 6.73 Å². The summed E-state index contributed by atoms with van der Waals surface area (Å²) in [6.07, 6.45) is 1.43. The number of aliphatic hydroxyl groups is 1. The van der Waals surface area contributed by atoms with E-state index in [-0.39, 0.29) is 79.6 Å². The summed E-state index contributed by atoms with van der Waals surface area (Å²) < 4.78 is 15.5. The number of halogens is 1.